The van der Waals surface area contributed by atoms with Crippen LogP contribution in [0.25, 0.3) is 0 Å². The summed E-state index contributed by atoms with van der Waals surface area (Å²) >= 11 is 0. The van der Waals surface area contributed by atoms with Crippen LogP contribution in [0.4, 0.5) is 13.2 Å². The quantitative estimate of drug-likeness (QED) is 0.885. The van der Waals surface area contributed by atoms with E-state index in [0.717, 1.165) is 0 Å². The number of ether oxygens (including phenoxy) is 1. The number of rotatable bonds is 5. The van der Waals surface area contributed by atoms with Gasteiger partial charge in [0.05, 0.1) is 11.9 Å². The first kappa shape index (κ1) is 14.7. The number of alkyl halides is 3. The first-order valence-electron chi connectivity index (χ1n) is 5.53. The molecule has 0 atom stereocenters. The molecule has 1 rings (SSSR count). The van der Waals surface area contributed by atoms with Crippen molar-refractivity contribution in [3.63, 3.8) is 0 Å². The molecule has 1 aromatic rings. The molecular weight excluding hydrogens is 247 g/mol. The molecule has 1 heterocycles. The molecule has 0 amide bonds. The number of nitrogens with one attached hydrogen (secondary N) is 1. The summed E-state index contributed by atoms with van der Waals surface area (Å²) in [4.78, 5) is 8.19. The SMILES string of the molecule is CNCc1nc(C(C)C)ncc1OCC(F)(F)F. The van der Waals surface area contributed by atoms with E-state index in [1.54, 1.807) is 7.05 Å². The molecule has 0 aliphatic heterocycles. The summed E-state index contributed by atoms with van der Waals surface area (Å²) in [5, 5.41) is 2.84. The van der Waals surface area contributed by atoms with E-state index < -0.39 is 12.8 Å². The lowest BCUT2D eigenvalue weighted by Gasteiger charge is -2.13. The third-order valence-corrected chi connectivity index (χ3v) is 2.10. The van der Waals surface area contributed by atoms with Gasteiger partial charge in [0.15, 0.2) is 12.4 Å². The average Bonchev–Trinajstić information content (AvgIpc) is 2.26. The van der Waals surface area contributed by atoms with Gasteiger partial charge >= 0.3 is 6.18 Å². The van der Waals surface area contributed by atoms with E-state index in [-0.39, 0.29) is 11.7 Å². The summed E-state index contributed by atoms with van der Waals surface area (Å²) in [6.07, 6.45) is -3.08. The highest BCUT2D eigenvalue weighted by Crippen LogP contribution is 2.22. The highest BCUT2D eigenvalue weighted by atomic mass is 19.4. The van der Waals surface area contributed by atoms with Crippen molar-refractivity contribution in [1.82, 2.24) is 15.3 Å². The molecular formula is C11H16F3N3O. The average molecular weight is 263 g/mol. The van der Waals surface area contributed by atoms with Crippen molar-refractivity contribution in [2.24, 2.45) is 0 Å². The number of aromatic nitrogens is 2. The van der Waals surface area contributed by atoms with Crippen LogP contribution < -0.4 is 10.1 Å². The third-order valence-electron chi connectivity index (χ3n) is 2.10. The molecule has 0 saturated heterocycles. The van der Waals surface area contributed by atoms with Gasteiger partial charge in [0.1, 0.15) is 5.82 Å². The van der Waals surface area contributed by atoms with Gasteiger partial charge in [-0.25, -0.2) is 9.97 Å². The van der Waals surface area contributed by atoms with Crippen molar-refractivity contribution >= 4 is 0 Å². The minimum Gasteiger partial charge on any atom is -0.481 e. The van der Waals surface area contributed by atoms with Crippen molar-refractivity contribution in [3.05, 3.63) is 17.7 Å². The van der Waals surface area contributed by atoms with Gasteiger partial charge in [-0.3, -0.25) is 0 Å². The molecule has 0 saturated carbocycles. The molecule has 1 aromatic heterocycles. The van der Waals surface area contributed by atoms with Crippen molar-refractivity contribution in [2.45, 2.75) is 32.5 Å². The van der Waals surface area contributed by atoms with Gasteiger partial charge < -0.3 is 10.1 Å². The van der Waals surface area contributed by atoms with Crippen LogP contribution in [0, 0.1) is 0 Å². The summed E-state index contributed by atoms with van der Waals surface area (Å²) in [6.45, 7) is 2.81. The lowest BCUT2D eigenvalue weighted by atomic mass is 10.2. The molecule has 1 N–H and O–H groups in total. The van der Waals surface area contributed by atoms with Crippen molar-refractivity contribution < 1.29 is 17.9 Å². The summed E-state index contributed by atoms with van der Waals surface area (Å²) in [5.41, 5.74) is 0.431. The molecule has 0 aliphatic rings. The first-order valence-corrected chi connectivity index (χ1v) is 5.53. The van der Waals surface area contributed by atoms with Gasteiger partial charge in [0, 0.05) is 12.5 Å². The van der Waals surface area contributed by atoms with Crippen LogP contribution in [0.1, 0.15) is 31.3 Å². The van der Waals surface area contributed by atoms with Gasteiger partial charge in [0.25, 0.3) is 0 Å². The second kappa shape index (κ2) is 5.99. The molecule has 18 heavy (non-hydrogen) atoms. The largest absolute Gasteiger partial charge is 0.481 e. The fraction of sp³-hybridized carbons (Fsp3) is 0.636. The van der Waals surface area contributed by atoms with Gasteiger partial charge in [0.2, 0.25) is 0 Å². The second-order valence-corrected chi connectivity index (χ2v) is 4.13. The molecule has 0 radical (unpaired) electrons. The third kappa shape index (κ3) is 4.48. The number of hydrogen-bond acceptors (Lipinski definition) is 4. The number of nitrogens with zero attached hydrogens (tertiary/aromatic N) is 2. The van der Waals surface area contributed by atoms with Gasteiger partial charge in [-0.1, -0.05) is 13.8 Å². The van der Waals surface area contributed by atoms with Crippen LogP contribution in [-0.4, -0.2) is 29.8 Å². The Hall–Kier alpha value is -1.37. The molecule has 4 nitrogen and oxygen atoms in total. The van der Waals surface area contributed by atoms with E-state index in [0.29, 0.717) is 18.1 Å². The summed E-state index contributed by atoms with van der Waals surface area (Å²) in [7, 11) is 1.69. The first-order chi connectivity index (χ1) is 8.33. The standard InChI is InChI=1S/C11H16F3N3O/c1-7(2)10-16-5-9(8(17-10)4-15-3)18-6-11(12,13)14/h5,7,15H,4,6H2,1-3H3. The van der Waals surface area contributed by atoms with Crippen LogP contribution in [0.2, 0.25) is 0 Å². The predicted molar refractivity (Wildman–Crippen MR) is 60.4 cm³/mol. The highest BCUT2D eigenvalue weighted by Gasteiger charge is 2.29. The molecule has 0 fully saturated rings. The molecule has 0 bridgehead atoms. The van der Waals surface area contributed by atoms with Crippen molar-refractivity contribution in [1.29, 1.82) is 0 Å². The van der Waals surface area contributed by atoms with E-state index in [1.165, 1.54) is 6.20 Å². The summed E-state index contributed by atoms with van der Waals surface area (Å²) in [5.74, 6) is 0.753. The smallest absolute Gasteiger partial charge is 0.422 e. The number of halogens is 3. The Kier molecular flexibility index (Phi) is 4.89. The van der Waals surface area contributed by atoms with E-state index in [4.69, 9.17) is 4.74 Å². The fourth-order valence-electron chi connectivity index (χ4n) is 1.27. The van der Waals surface area contributed by atoms with Crippen molar-refractivity contribution in [2.75, 3.05) is 13.7 Å². The minimum absolute atomic E-state index is 0.0612. The normalized spacial score (nSPS) is 11.9. The Morgan fingerprint density at radius 2 is 2.06 bits per heavy atom. The molecule has 7 heteroatoms. The second-order valence-electron chi connectivity index (χ2n) is 4.13. The Labute approximate surface area is 104 Å². The molecule has 102 valence electrons. The molecule has 0 spiro atoms. The van der Waals surface area contributed by atoms with Gasteiger partial charge in [-0.2, -0.15) is 13.2 Å². The van der Waals surface area contributed by atoms with Crippen LogP contribution in [0.15, 0.2) is 6.20 Å². The maximum absolute atomic E-state index is 12.1. The van der Waals surface area contributed by atoms with Crippen LogP contribution in [0.5, 0.6) is 5.75 Å². The monoisotopic (exact) mass is 263 g/mol. The Morgan fingerprint density at radius 3 is 2.56 bits per heavy atom. The van der Waals surface area contributed by atoms with E-state index in [9.17, 15) is 13.2 Å². The Bertz CT molecular complexity index is 394. The summed E-state index contributed by atoms with van der Waals surface area (Å²) < 4.78 is 41.0. The van der Waals surface area contributed by atoms with E-state index in [2.05, 4.69) is 15.3 Å². The lowest BCUT2D eigenvalue weighted by molar-refractivity contribution is -0.153. The Morgan fingerprint density at radius 1 is 1.39 bits per heavy atom. The van der Waals surface area contributed by atoms with E-state index >= 15 is 0 Å². The van der Waals surface area contributed by atoms with Crippen LogP contribution in [0.3, 0.4) is 0 Å². The molecule has 0 aromatic carbocycles. The van der Waals surface area contributed by atoms with Gasteiger partial charge in [-0.05, 0) is 7.05 Å². The summed E-state index contributed by atoms with van der Waals surface area (Å²) in [6, 6.07) is 0. The maximum atomic E-state index is 12.1. The predicted octanol–water partition coefficient (Wildman–Crippen LogP) is 2.26. The lowest BCUT2D eigenvalue weighted by Crippen LogP contribution is -2.21. The molecule has 0 unspecified atom stereocenters. The molecule has 0 aliphatic carbocycles. The fourth-order valence-corrected chi connectivity index (χ4v) is 1.27. The number of hydrogen-bond donors (Lipinski definition) is 1. The maximum Gasteiger partial charge on any atom is 0.422 e. The van der Waals surface area contributed by atoms with E-state index in [1.807, 2.05) is 13.8 Å². The van der Waals surface area contributed by atoms with Gasteiger partial charge in [-0.15, -0.1) is 0 Å². The Balaban J connectivity index is 2.89. The zero-order chi connectivity index (χ0) is 13.8. The van der Waals surface area contributed by atoms with Crippen LogP contribution in [-0.2, 0) is 6.54 Å². The zero-order valence-electron chi connectivity index (χ0n) is 10.5. The highest BCUT2D eigenvalue weighted by molar-refractivity contribution is 5.25. The van der Waals surface area contributed by atoms with Crippen molar-refractivity contribution in [3.8, 4) is 5.75 Å². The minimum atomic E-state index is -4.37. The van der Waals surface area contributed by atoms with Crippen LogP contribution >= 0.6 is 0 Å². The topological polar surface area (TPSA) is 47.0 Å². The zero-order valence-corrected chi connectivity index (χ0v) is 10.5.